The normalized spacial score (nSPS) is 10.4. The second-order valence-electron chi connectivity index (χ2n) is 5.33. The van der Waals surface area contributed by atoms with Crippen molar-refractivity contribution in [3.63, 3.8) is 0 Å². The molecule has 0 atom stereocenters. The largest absolute Gasteiger partial charge is 0.493 e. The molecule has 1 rings (SSSR count). The molecule has 0 saturated carbocycles. The van der Waals surface area contributed by atoms with Crippen LogP contribution in [0.1, 0.15) is 43.2 Å². The molecule has 4 heteroatoms. The fraction of sp³-hybridized carbons (Fsp3) is 0.588. The van der Waals surface area contributed by atoms with Crippen LogP contribution in [0.4, 0.5) is 0 Å². The van der Waals surface area contributed by atoms with Gasteiger partial charge in [0.1, 0.15) is 5.75 Å². The van der Waals surface area contributed by atoms with E-state index in [2.05, 4.69) is 12.2 Å². The van der Waals surface area contributed by atoms with Gasteiger partial charge in [0.05, 0.1) is 13.0 Å². The van der Waals surface area contributed by atoms with Crippen molar-refractivity contribution >= 4 is 5.91 Å². The Morgan fingerprint density at radius 3 is 2.62 bits per heavy atom. The van der Waals surface area contributed by atoms with E-state index in [-0.39, 0.29) is 12.5 Å². The first-order valence-electron chi connectivity index (χ1n) is 7.71. The highest BCUT2D eigenvalue weighted by atomic mass is 16.5. The first-order valence-corrected chi connectivity index (χ1v) is 7.71. The van der Waals surface area contributed by atoms with Crippen molar-refractivity contribution in [1.82, 2.24) is 5.32 Å². The average Bonchev–Trinajstić information content (AvgIpc) is 2.46. The maximum absolute atomic E-state index is 11.6. The lowest BCUT2D eigenvalue weighted by Crippen LogP contribution is -2.25. The SMILES string of the molecule is Cc1ccc(OCCC(=O)NCCCCCCO)cc1C. The molecular formula is C17H27NO3. The van der Waals surface area contributed by atoms with E-state index in [1.165, 1.54) is 11.1 Å². The Labute approximate surface area is 127 Å². The minimum atomic E-state index is 0.0287. The zero-order valence-corrected chi connectivity index (χ0v) is 13.2. The van der Waals surface area contributed by atoms with Crippen LogP contribution < -0.4 is 10.1 Å². The molecule has 0 unspecified atom stereocenters. The molecule has 21 heavy (non-hydrogen) atoms. The minimum absolute atomic E-state index is 0.0287. The number of rotatable bonds is 10. The third kappa shape index (κ3) is 7.71. The molecule has 0 aliphatic rings. The molecule has 0 radical (unpaired) electrons. The molecule has 2 N–H and O–H groups in total. The first-order chi connectivity index (χ1) is 10.1. The summed E-state index contributed by atoms with van der Waals surface area (Å²) in [6, 6.07) is 5.95. The van der Waals surface area contributed by atoms with E-state index in [0.717, 1.165) is 31.4 Å². The summed E-state index contributed by atoms with van der Waals surface area (Å²) in [7, 11) is 0. The number of hydrogen-bond acceptors (Lipinski definition) is 3. The quantitative estimate of drug-likeness (QED) is 0.652. The van der Waals surface area contributed by atoms with Gasteiger partial charge < -0.3 is 15.2 Å². The Morgan fingerprint density at radius 2 is 1.90 bits per heavy atom. The van der Waals surface area contributed by atoms with Gasteiger partial charge in [-0.05, 0) is 49.9 Å². The summed E-state index contributed by atoms with van der Waals surface area (Å²) < 4.78 is 5.58. The highest BCUT2D eigenvalue weighted by Crippen LogP contribution is 2.16. The van der Waals surface area contributed by atoms with E-state index in [4.69, 9.17) is 9.84 Å². The molecule has 0 fully saturated rings. The van der Waals surface area contributed by atoms with Gasteiger partial charge in [-0.25, -0.2) is 0 Å². The highest BCUT2D eigenvalue weighted by molar-refractivity contribution is 5.75. The second-order valence-corrected chi connectivity index (χ2v) is 5.33. The van der Waals surface area contributed by atoms with Gasteiger partial charge in [-0.15, -0.1) is 0 Å². The van der Waals surface area contributed by atoms with E-state index >= 15 is 0 Å². The predicted molar refractivity (Wildman–Crippen MR) is 84.6 cm³/mol. The number of carbonyl (C=O) groups excluding carboxylic acids is 1. The van der Waals surface area contributed by atoms with Gasteiger partial charge in [-0.1, -0.05) is 18.9 Å². The number of nitrogens with one attached hydrogen (secondary N) is 1. The second kappa shape index (κ2) is 10.2. The number of aliphatic hydroxyl groups excluding tert-OH is 1. The van der Waals surface area contributed by atoms with Gasteiger partial charge in [0.2, 0.25) is 5.91 Å². The molecule has 0 aliphatic carbocycles. The number of benzene rings is 1. The number of ether oxygens (including phenoxy) is 1. The van der Waals surface area contributed by atoms with Gasteiger partial charge in [0.15, 0.2) is 0 Å². The van der Waals surface area contributed by atoms with Crippen LogP contribution in [0.2, 0.25) is 0 Å². The molecule has 0 heterocycles. The van der Waals surface area contributed by atoms with Crippen molar-refractivity contribution in [2.75, 3.05) is 19.8 Å². The molecule has 4 nitrogen and oxygen atoms in total. The van der Waals surface area contributed by atoms with Crippen LogP contribution in [0, 0.1) is 13.8 Å². The van der Waals surface area contributed by atoms with Gasteiger partial charge in [-0.3, -0.25) is 4.79 Å². The number of amides is 1. The molecule has 0 aromatic heterocycles. The topological polar surface area (TPSA) is 58.6 Å². The van der Waals surface area contributed by atoms with Crippen LogP contribution in [-0.4, -0.2) is 30.8 Å². The van der Waals surface area contributed by atoms with Gasteiger partial charge in [0, 0.05) is 13.2 Å². The molecule has 0 spiro atoms. The molecule has 1 aromatic rings. The Balaban J connectivity index is 2.09. The average molecular weight is 293 g/mol. The van der Waals surface area contributed by atoms with Crippen molar-refractivity contribution in [3.8, 4) is 5.75 Å². The maximum Gasteiger partial charge on any atom is 0.223 e. The molecular weight excluding hydrogens is 266 g/mol. The fourth-order valence-electron chi connectivity index (χ4n) is 1.97. The highest BCUT2D eigenvalue weighted by Gasteiger charge is 2.02. The lowest BCUT2D eigenvalue weighted by Gasteiger charge is -2.09. The number of carbonyl (C=O) groups is 1. The smallest absolute Gasteiger partial charge is 0.223 e. The van der Waals surface area contributed by atoms with E-state index in [1.807, 2.05) is 25.1 Å². The minimum Gasteiger partial charge on any atom is -0.493 e. The van der Waals surface area contributed by atoms with Crippen LogP contribution in [0.3, 0.4) is 0 Å². The summed E-state index contributed by atoms with van der Waals surface area (Å²) in [5, 5.41) is 11.5. The Kier molecular flexibility index (Phi) is 8.51. The van der Waals surface area contributed by atoms with Crippen molar-refractivity contribution < 1.29 is 14.6 Å². The van der Waals surface area contributed by atoms with Gasteiger partial charge in [-0.2, -0.15) is 0 Å². The number of aryl methyl sites for hydroxylation is 2. The van der Waals surface area contributed by atoms with E-state index in [0.29, 0.717) is 19.6 Å². The van der Waals surface area contributed by atoms with Crippen LogP contribution in [0.15, 0.2) is 18.2 Å². The van der Waals surface area contributed by atoms with E-state index < -0.39 is 0 Å². The van der Waals surface area contributed by atoms with Crippen LogP contribution in [0.25, 0.3) is 0 Å². The molecule has 0 bridgehead atoms. The lowest BCUT2D eigenvalue weighted by molar-refractivity contribution is -0.121. The molecule has 0 saturated heterocycles. The molecule has 1 amide bonds. The van der Waals surface area contributed by atoms with E-state index in [9.17, 15) is 4.79 Å². The summed E-state index contributed by atoms with van der Waals surface area (Å²) in [5.74, 6) is 0.843. The standard InChI is InChI=1S/C17H27NO3/c1-14-7-8-16(13-15(14)2)21-12-9-17(20)18-10-5-3-4-6-11-19/h7-8,13,19H,3-6,9-12H2,1-2H3,(H,18,20). The Morgan fingerprint density at radius 1 is 1.14 bits per heavy atom. The van der Waals surface area contributed by atoms with Gasteiger partial charge >= 0.3 is 0 Å². The van der Waals surface area contributed by atoms with Crippen molar-refractivity contribution in [2.24, 2.45) is 0 Å². The summed E-state index contributed by atoms with van der Waals surface area (Å²) >= 11 is 0. The maximum atomic E-state index is 11.6. The lowest BCUT2D eigenvalue weighted by atomic mass is 10.1. The molecule has 118 valence electrons. The third-order valence-corrected chi connectivity index (χ3v) is 3.48. The zero-order valence-electron chi connectivity index (χ0n) is 13.2. The van der Waals surface area contributed by atoms with Gasteiger partial charge in [0.25, 0.3) is 0 Å². The Hall–Kier alpha value is -1.55. The first kappa shape index (κ1) is 17.5. The predicted octanol–water partition coefficient (Wildman–Crippen LogP) is 2.74. The van der Waals surface area contributed by atoms with Crippen LogP contribution >= 0.6 is 0 Å². The Bertz CT molecular complexity index is 432. The van der Waals surface area contributed by atoms with Crippen LogP contribution in [-0.2, 0) is 4.79 Å². The van der Waals surface area contributed by atoms with E-state index in [1.54, 1.807) is 0 Å². The van der Waals surface area contributed by atoms with Crippen molar-refractivity contribution in [3.05, 3.63) is 29.3 Å². The number of unbranched alkanes of at least 4 members (excludes halogenated alkanes) is 3. The third-order valence-electron chi connectivity index (χ3n) is 3.48. The zero-order chi connectivity index (χ0) is 15.5. The van der Waals surface area contributed by atoms with Crippen LogP contribution in [0.5, 0.6) is 5.75 Å². The number of aliphatic hydroxyl groups is 1. The molecule has 1 aromatic carbocycles. The summed E-state index contributed by atoms with van der Waals surface area (Å²) in [6.45, 7) is 5.47. The fourth-order valence-corrected chi connectivity index (χ4v) is 1.97. The molecule has 0 aliphatic heterocycles. The number of hydrogen-bond donors (Lipinski definition) is 2. The summed E-state index contributed by atoms with van der Waals surface area (Å²) in [4.78, 5) is 11.6. The monoisotopic (exact) mass is 293 g/mol. The van der Waals surface area contributed by atoms with Crippen molar-refractivity contribution in [1.29, 1.82) is 0 Å². The summed E-state index contributed by atoms with van der Waals surface area (Å²) in [6.07, 6.45) is 4.24. The summed E-state index contributed by atoms with van der Waals surface area (Å²) in [5.41, 5.74) is 2.43. The van der Waals surface area contributed by atoms with Crippen molar-refractivity contribution in [2.45, 2.75) is 46.0 Å².